The second-order valence-corrected chi connectivity index (χ2v) is 7.41. The SMILES string of the molecule is O=C1OCC[C@@H]1Sc1nnc(Nc2cccc(Br)c2)s1. The molecule has 0 bridgehead atoms. The predicted molar refractivity (Wildman–Crippen MR) is 82.6 cm³/mol. The van der Waals surface area contributed by atoms with Gasteiger partial charge >= 0.3 is 5.97 Å². The Labute approximate surface area is 132 Å². The third-order valence-corrected chi connectivity index (χ3v) is 5.27. The molecule has 8 heteroatoms. The molecule has 20 heavy (non-hydrogen) atoms. The Morgan fingerprint density at radius 1 is 1.45 bits per heavy atom. The highest BCUT2D eigenvalue weighted by molar-refractivity contribution is 9.10. The molecule has 1 fully saturated rings. The predicted octanol–water partition coefficient (Wildman–Crippen LogP) is 3.45. The Morgan fingerprint density at radius 2 is 2.35 bits per heavy atom. The largest absolute Gasteiger partial charge is 0.465 e. The van der Waals surface area contributed by atoms with Gasteiger partial charge in [0.25, 0.3) is 0 Å². The molecule has 1 aromatic heterocycles. The van der Waals surface area contributed by atoms with Crippen molar-refractivity contribution in [3.63, 3.8) is 0 Å². The first-order valence-corrected chi connectivity index (χ1v) is 8.39. The normalized spacial score (nSPS) is 18.1. The van der Waals surface area contributed by atoms with Crippen LogP contribution in [0, 0.1) is 0 Å². The maximum Gasteiger partial charge on any atom is 0.319 e. The second kappa shape index (κ2) is 6.11. The zero-order chi connectivity index (χ0) is 13.9. The molecule has 0 spiro atoms. The average molecular weight is 372 g/mol. The van der Waals surface area contributed by atoms with Crippen molar-refractivity contribution < 1.29 is 9.53 Å². The molecular weight excluding hydrogens is 362 g/mol. The summed E-state index contributed by atoms with van der Waals surface area (Å²) in [5.74, 6) is -0.160. The lowest BCUT2D eigenvalue weighted by atomic mass is 10.3. The van der Waals surface area contributed by atoms with E-state index in [0.29, 0.717) is 11.7 Å². The molecule has 0 aliphatic carbocycles. The number of ether oxygens (including phenoxy) is 1. The van der Waals surface area contributed by atoms with Crippen molar-refractivity contribution >= 4 is 55.8 Å². The molecule has 0 amide bonds. The van der Waals surface area contributed by atoms with Crippen molar-refractivity contribution in [2.45, 2.75) is 16.0 Å². The quantitative estimate of drug-likeness (QED) is 0.830. The molecular formula is C12H10BrN3O2S2. The first-order valence-electron chi connectivity index (χ1n) is 5.90. The summed E-state index contributed by atoms with van der Waals surface area (Å²) in [6.45, 7) is 0.498. The number of thioether (sulfide) groups is 1. The molecule has 1 aliphatic heterocycles. The lowest BCUT2D eigenvalue weighted by Crippen LogP contribution is -2.08. The molecule has 1 N–H and O–H groups in total. The maximum absolute atomic E-state index is 11.4. The van der Waals surface area contributed by atoms with Gasteiger partial charge in [-0.25, -0.2) is 0 Å². The highest BCUT2D eigenvalue weighted by Gasteiger charge is 2.28. The van der Waals surface area contributed by atoms with E-state index >= 15 is 0 Å². The minimum absolute atomic E-state index is 0.151. The van der Waals surface area contributed by atoms with Gasteiger partial charge in [-0.3, -0.25) is 4.79 Å². The van der Waals surface area contributed by atoms with Crippen LogP contribution in [0.1, 0.15) is 6.42 Å². The van der Waals surface area contributed by atoms with E-state index in [9.17, 15) is 4.79 Å². The molecule has 2 aromatic rings. The van der Waals surface area contributed by atoms with Crippen LogP contribution < -0.4 is 5.32 Å². The van der Waals surface area contributed by atoms with Crippen molar-refractivity contribution in [3.8, 4) is 0 Å². The van der Waals surface area contributed by atoms with Gasteiger partial charge in [0.15, 0.2) is 4.34 Å². The van der Waals surface area contributed by atoms with Crippen LogP contribution in [0.4, 0.5) is 10.8 Å². The lowest BCUT2D eigenvalue weighted by molar-refractivity contribution is -0.137. The molecule has 0 radical (unpaired) electrons. The topological polar surface area (TPSA) is 64.1 Å². The summed E-state index contributed by atoms with van der Waals surface area (Å²) in [4.78, 5) is 11.4. The Bertz CT molecular complexity index is 635. The highest BCUT2D eigenvalue weighted by atomic mass is 79.9. The Morgan fingerprint density at radius 3 is 3.10 bits per heavy atom. The van der Waals surface area contributed by atoms with E-state index in [0.717, 1.165) is 20.9 Å². The number of rotatable bonds is 4. The van der Waals surface area contributed by atoms with E-state index in [1.165, 1.54) is 23.1 Å². The number of aromatic nitrogens is 2. The molecule has 1 saturated heterocycles. The number of halogens is 1. The van der Waals surface area contributed by atoms with Crippen molar-refractivity contribution in [1.29, 1.82) is 0 Å². The summed E-state index contributed by atoms with van der Waals surface area (Å²) in [7, 11) is 0. The van der Waals surface area contributed by atoms with Gasteiger partial charge in [0.05, 0.1) is 6.61 Å². The van der Waals surface area contributed by atoms with Crippen LogP contribution in [0.5, 0.6) is 0 Å². The van der Waals surface area contributed by atoms with Crippen LogP contribution in [0.2, 0.25) is 0 Å². The van der Waals surface area contributed by atoms with Gasteiger partial charge in [-0.15, -0.1) is 10.2 Å². The van der Waals surface area contributed by atoms with Crippen LogP contribution in [-0.4, -0.2) is 28.0 Å². The van der Waals surface area contributed by atoms with Gasteiger partial charge in [-0.1, -0.05) is 45.1 Å². The van der Waals surface area contributed by atoms with Crippen LogP contribution in [0.15, 0.2) is 33.1 Å². The fourth-order valence-electron chi connectivity index (χ4n) is 1.70. The summed E-state index contributed by atoms with van der Waals surface area (Å²) in [6.07, 6.45) is 0.734. The van der Waals surface area contributed by atoms with Crippen LogP contribution >= 0.6 is 39.0 Å². The van der Waals surface area contributed by atoms with E-state index in [1.807, 2.05) is 24.3 Å². The number of esters is 1. The Balaban J connectivity index is 1.66. The van der Waals surface area contributed by atoms with Crippen LogP contribution in [-0.2, 0) is 9.53 Å². The summed E-state index contributed by atoms with van der Waals surface area (Å²) in [6, 6.07) is 7.81. The minimum Gasteiger partial charge on any atom is -0.465 e. The van der Waals surface area contributed by atoms with E-state index in [1.54, 1.807) is 0 Å². The number of carbonyl (C=O) groups is 1. The summed E-state index contributed by atoms with van der Waals surface area (Å²) >= 11 is 6.26. The average Bonchev–Trinajstić information content (AvgIpc) is 3.01. The fourth-order valence-corrected chi connectivity index (χ4v) is 4.09. The summed E-state index contributed by atoms with van der Waals surface area (Å²) in [5.41, 5.74) is 0.937. The van der Waals surface area contributed by atoms with Gasteiger partial charge in [-0.2, -0.15) is 0 Å². The van der Waals surface area contributed by atoms with Gasteiger partial charge in [0.2, 0.25) is 5.13 Å². The number of cyclic esters (lactones) is 1. The van der Waals surface area contributed by atoms with Crippen LogP contribution in [0.25, 0.3) is 0 Å². The third-order valence-electron chi connectivity index (χ3n) is 2.61. The second-order valence-electron chi connectivity index (χ2n) is 4.07. The maximum atomic E-state index is 11.4. The number of hydrogen-bond donors (Lipinski definition) is 1. The monoisotopic (exact) mass is 371 g/mol. The van der Waals surface area contributed by atoms with E-state index < -0.39 is 0 Å². The summed E-state index contributed by atoms with van der Waals surface area (Å²) in [5, 5.41) is 11.9. The standard InChI is InChI=1S/C12H10BrN3O2S2/c13-7-2-1-3-8(6-7)14-11-15-16-12(20-11)19-9-4-5-18-10(9)17/h1-3,6,9H,4-5H2,(H,14,15)/t9-/m0/s1. The Hall–Kier alpha value is -1.12. The van der Waals surface area contributed by atoms with Crippen molar-refractivity contribution in [2.24, 2.45) is 0 Å². The van der Waals surface area contributed by atoms with E-state index in [2.05, 4.69) is 31.4 Å². The molecule has 1 atom stereocenters. The number of benzene rings is 1. The Kier molecular flexibility index (Phi) is 4.23. The highest BCUT2D eigenvalue weighted by Crippen LogP contribution is 2.34. The molecule has 1 aliphatic rings. The summed E-state index contributed by atoms with van der Waals surface area (Å²) < 4.78 is 6.69. The molecule has 0 unspecified atom stereocenters. The smallest absolute Gasteiger partial charge is 0.319 e. The number of nitrogens with zero attached hydrogens (tertiary/aromatic N) is 2. The van der Waals surface area contributed by atoms with Crippen LogP contribution in [0.3, 0.4) is 0 Å². The van der Waals surface area contributed by atoms with Crippen molar-refractivity contribution in [3.05, 3.63) is 28.7 Å². The number of hydrogen-bond acceptors (Lipinski definition) is 7. The zero-order valence-electron chi connectivity index (χ0n) is 10.2. The molecule has 2 heterocycles. The molecule has 104 valence electrons. The van der Waals surface area contributed by atoms with Gasteiger partial charge in [0.1, 0.15) is 5.25 Å². The molecule has 3 rings (SSSR count). The molecule has 0 saturated carbocycles. The van der Waals surface area contributed by atoms with Gasteiger partial charge in [-0.05, 0) is 18.2 Å². The first-order chi connectivity index (χ1) is 9.70. The lowest BCUT2D eigenvalue weighted by Gasteiger charge is -2.01. The number of anilines is 2. The van der Waals surface area contributed by atoms with E-state index in [-0.39, 0.29) is 11.2 Å². The third kappa shape index (κ3) is 3.31. The zero-order valence-corrected chi connectivity index (χ0v) is 13.4. The number of carbonyl (C=O) groups excluding carboxylic acids is 1. The van der Waals surface area contributed by atoms with E-state index in [4.69, 9.17) is 4.74 Å². The first kappa shape index (κ1) is 13.8. The van der Waals surface area contributed by atoms with Gasteiger partial charge < -0.3 is 10.1 Å². The number of nitrogens with one attached hydrogen (secondary N) is 1. The van der Waals surface area contributed by atoms with Gasteiger partial charge in [0, 0.05) is 16.6 Å². The van der Waals surface area contributed by atoms with Crippen molar-refractivity contribution in [2.75, 3.05) is 11.9 Å². The fraction of sp³-hybridized carbons (Fsp3) is 0.250. The minimum atomic E-state index is -0.160. The molecule has 1 aromatic carbocycles. The van der Waals surface area contributed by atoms with Crippen molar-refractivity contribution in [1.82, 2.24) is 10.2 Å². The molecule has 5 nitrogen and oxygen atoms in total.